The molecule has 0 spiro atoms. The molecule has 0 aliphatic rings. The topological polar surface area (TPSA) is 93.0 Å². The third kappa shape index (κ3) is 4.38. The summed E-state index contributed by atoms with van der Waals surface area (Å²) in [5.74, 6) is 0.190. The van der Waals surface area contributed by atoms with Crippen molar-refractivity contribution in [2.75, 3.05) is 10.6 Å². The summed E-state index contributed by atoms with van der Waals surface area (Å²) < 4.78 is 0. The van der Waals surface area contributed by atoms with Crippen LogP contribution in [0.25, 0.3) is 0 Å². The van der Waals surface area contributed by atoms with E-state index < -0.39 is 4.92 Å². The Morgan fingerprint density at radius 3 is 2.42 bits per heavy atom. The first-order chi connectivity index (χ1) is 12.5. The number of rotatable bonds is 6. The average molecular weight is 390 g/mol. The molecule has 0 unspecified atom stereocenters. The van der Waals surface area contributed by atoms with Gasteiger partial charge in [0, 0.05) is 22.3 Å². The number of halogens is 2. The second-order valence-corrected chi connectivity index (χ2v) is 6.16. The molecule has 3 aromatic rings. The van der Waals surface area contributed by atoms with E-state index in [1.807, 2.05) is 12.1 Å². The van der Waals surface area contributed by atoms with Gasteiger partial charge in [-0.15, -0.1) is 0 Å². The van der Waals surface area contributed by atoms with Crippen molar-refractivity contribution < 1.29 is 4.92 Å². The van der Waals surface area contributed by atoms with Gasteiger partial charge < -0.3 is 10.6 Å². The molecule has 3 rings (SSSR count). The smallest absolute Gasteiger partial charge is 0.353 e. The van der Waals surface area contributed by atoms with E-state index in [1.165, 1.54) is 6.33 Å². The van der Waals surface area contributed by atoms with Crippen LogP contribution < -0.4 is 10.6 Å². The van der Waals surface area contributed by atoms with E-state index in [0.717, 1.165) is 5.56 Å². The number of hydrogen-bond donors (Lipinski definition) is 2. The standard InChI is InChI=1S/C17H13Cl2N5O2/c18-12-6-4-11(5-7-12)9-20-16-15(24(25)26)17(22-10-21-16)23-14-3-1-2-13(19)8-14/h1-8,10H,9H2,(H2,20,21,22,23). The summed E-state index contributed by atoms with van der Waals surface area (Å²) in [6.07, 6.45) is 1.25. The third-order valence-corrected chi connectivity index (χ3v) is 3.95. The number of nitro groups is 1. The number of benzene rings is 2. The van der Waals surface area contributed by atoms with Crippen LogP contribution in [0.5, 0.6) is 0 Å². The Labute approximate surface area is 159 Å². The maximum absolute atomic E-state index is 11.6. The second kappa shape index (κ2) is 7.99. The Bertz CT molecular complexity index is 935. The Morgan fingerprint density at radius 1 is 1.00 bits per heavy atom. The molecule has 1 heterocycles. The number of nitrogens with one attached hydrogen (secondary N) is 2. The number of anilines is 3. The molecule has 132 valence electrons. The van der Waals surface area contributed by atoms with Gasteiger partial charge in [0.2, 0.25) is 11.6 Å². The van der Waals surface area contributed by atoms with E-state index in [4.69, 9.17) is 23.2 Å². The van der Waals surface area contributed by atoms with Crippen molar-refractivity contribution in [3.8, 4) is 0 Å². The minimum Gasteiger partial charge on any atom is -0.360 e. The molecule has 0 saturated heterocycles. The molecule has 0 saturated carbocycles. The normalized spacial score (nSPS) is 10.4. The van der Waals surface area contributed by atoms with Gasteiger partial charge in [0.05, 0.1) is 4.92 Å². The molecule has 0 aliphatic heterocycles. The molecule has 2 N–H and O–H groups in total. The summed E-state index contributed by atoms with van der Waals surface area (Å²) >= 11 is 11.8. The predicted molar refractivity (Wildman–Crippen MR) is 102 cm³/mol. The van der Waals surface area contributed by atoms with Gasteiger partial charge in [-0.25, -0.2) is 9.97 Å². The molecule has 1 aromatic heterocycles. The first-order valence-corrected chi connectivity index (χ1v) is 8.29. The van der Waals surface area contributed by atoms with Crippen LogP contribution in [-0.4, -0.2) is 14.9 Å². The lowest BCUT2D eigenvalue weighted by molar-refractivity contribution is -0.383. The fourth-order valence-electron chi connectivity index (χ4n) is 2.26. The lowest BCUT2D eigenvalue weighted by Crippen LogP contribution is -2.08. The Hall–Kier alpha value is -2.90. The molecule has 0 atom stereocenters. The van der Waals surface area contributed by atoms with E-state index in [2.05, 4.69) is 20.6 Å². The quantitative estimate of drug-likeness (QED) is 0.452. The highest BCUT2D eigenvalue weighted by molar-refractivity contribution is 6.31. The van der Waals surface area contributed by atoms with Crippen LogP contribution in [0.3, 0.4) is 0 Å². The predicted octanol–water partition coefficient (Wildman–Crippen LogP) is 5.05. The van der Waals surface area contributed by atoms with Gasteiger partial charge in [0.1, 0.15) is 6.33 Å². The van der Waals surface area contributed by atoms with Crippen LogP contribution in [-0.2, 0) is 6.54 Å². The van der Waals surface area contributed by atoms with Crippen molar-refractivity contribution in [2.24, 2.45) is 0 Å². The van der Waals surface area contributed by atoms with E-state index in [9.17, 15) is 10.1 Å². The van der Waals surface area contributed by atoms with Crippen molar-refractivity contribution in [1.29, 1.82) is 0 Å². The maximum Gasteiger partial charge on any atom is 0.353 e. The van der Waals surface area contributed by atoms with Gasteiger partial charge in [0.25, 0.3) is 0 Å². The van der Waals surface area contributed by atoms with Crippen molar-refractivity contribution in [3.05, 3.63) is 80.6 Å². The van der Waals surface area contributed by atoms with Crippen LogP contribution in [0.2, 0.25) is 10.0 Å². The minimum absolute atomic E-state index is 0.0749. The summed E-state index contributed by atoms with van der Waals surface area (Å²) in [4.78, 5) is 19.0. The first-order valence-electron chi connectivity index (χ1n) is 7.53. The minimum atomic E-state index is -0.531. The van der Waals surface area contributed by atoms with Gasteiger partial charge in [-0.05, 0) is 35.9 Å². The summed E-state index contributed by atoms with van der Waals surface area (Å²) in [5, 5.41) is 18.6. The monoisotopic (exact) mass is 389 g/mol. The molecule has 0 amide bonds. The molecule has 0 fully saturated rings. The number of hydrogen-bond acceptors (Lipinski definition) is 6. The van der Waals surface area contributed by atoms with Crippen molar-refractivity contribution >= 4 is 46.2 Å². The van der Waals surface area contributed by atoms with Gasteiger partial charge in [-0.2, -0.15) is 0 Å². The molecule has 9 heteroatoms. The number of aromatic nitrogens is 2. The highest BCUT2D eigenvalue weighted by atomic mass is 35.5. The molecule has 0 radical (unpaired) electrons. The van der Waals surface area contributed by atoms with Crippen LogP contribution in [0, 0.1) is 10.1 Å². The lowest BCUT2D eigenvalue weighted by atomic mass is 10.2. The van der Waals surface area contributed by atoms with Gasteiger partial charge in [-0.3, -0.25) is 10.1 Å². The molecule has 0 bridgehead atoms. The van der Waals surface area contributed by atoms with Crippen LogP contribution in [0.1, 0.15) is 5.56 Å². The van der Waals surface area contributed by atoms with Gasteiger partial charge in [-0.1, -0.05) is 41.4 Å². The summed E-state index contributed by atoms with van der Waals surface area (Å²) in [5.41, 5.74) is 1.25. The largest absolute Gasteiger partial charge is 0.360 e. The molecule has 7 nitrogen and oxygen atoms in total. The zero-order chi connectivity index (χ0) is 18.5. The van der Waals surface area contributed by atoms with Crippen LogP contribution in [0.4, 0.5) is 23.0 Å². The first kappa shape index (κ1) is 17.9. The molecule has 0 aliphatic carbocycles. The van der Waals surface area contributed by atoms with Crippen LogP contribution >= 0.6 is 23.2 Å². The highest BCUT2D eigenvalue weighted by Crippen LogP contribution is 2.31. The fourth-order valence-corrected chi connectivity index (χ4v) is 2.58. The average Bonchev–Trinajstić information content (AvgIpc) is 2.61. The summed E-state index contributed by atoms with van der Waals surface area (Å²) in [6, 6.07) is 14.0. The fraction of sp³-hybridized carbons (Fsp3) is 0.0588. The molecular weight excluding hydrogens is 377 g/mol. The highest BCUT2D eigenvalue weighted by Gasteiger charge is 2.23. The lowest BCUT2D eigenvalue weighted by Gasteiger charge is -2.10. The third-order valence-electron chi connectivity index (χ3n) is 3.47. The second-order valence-electron chi connectivity index (χ2n) is 5.29. The van der Waals surface area contributed by atoms with Gasteiger partial charge in [0.15, 0.2) is 0 Å². The van der Waals surface area contributed by atoms with E-state index in [-0.39, 0.29) is 17.3 Å². The zero-order valence-corrected chi connectivity index (χ0v) is 14.8. The Kier molecular flexibility index (Phi) is 5.50. The summed E-state index contributed by atoms with van der Waals surface area (Å²) in [6.45, 7) is 0.353. The molecule has 2 aromatic carbocycles. The van der Waals surface area contributed by atoms with E-state index in [0.29, 0.717) is 22.3 Å². The van der Waals surface area contributed by atoms with Crippen molar-refractivity contribution in [2.45, 2.75) is 6.54 Å². The molecular formula is C17H13Cl2N5O2. The SMILES string of the molecule is O=[N+]([O-])c1c(NCc2ccc(Cl)cc2)ncnc1Nc1cccc(Cl)c1. The van der Waals surface area contributed by atoms with Crippen molar-refractivity contribution in [1.82, 2.24) is 9.97 Å². The van der Waals surface area contributed by atoms with Gasteiger partial charge >= 0.3 is 5.69 Å². The molecule has 26 heavy (non-hydrogen) atoms. The Morgan fingerprint density at radius 2 is 1.73 bits per heavy atom. The van der Waals surface area contributed by atoms with E-state index >= 15 is 0 Å². The maximum atomic E-state index is 11.6. The number of nitrogens with zero attached hydrogens (tertiary/aromatic N) is 3. The summed E-state index contributed by atoms with van der Waals surface area (Å²) in [7, 11) is 0. The van der Waals surface area contributed by atoms with E-state index in [1.54, 1.807) is 36.4 Å². The zero-order valence-electron chi connectivity index (χ0n) is 13.3. The Balaban J connectivity index is 1.85. The van der Waals surface area contributed by atoms with Crippen molar-refractivity contribution in [3.63, 3.8) is 0 Å². The van der Waals surface area contributed by atoms with Crippen LogP contribution in [0.15, 0.2) is 54.9 Å².